The molecule has 1 radical (unpaired) electrons. The van der Waals surface area contributed by atoms with Crippen LogP contribution < -0.4 is 0 Å². The Bertz CT molecular complexity index is 171. The van der Waals surface area contributed by atoms with Gasteiger partial charge in [-0.1, -0.05) is 39.0 Å². The SMILES string of the molecule is CCCCC([C]=O)C1(O)CCCCC1. The van der Waals surface area contributed by atoms with Gasteiger partial charge in [-0.05, 0) is 19.3 Å². The Kier molecular flexibility index (Phi) is 4.59. The van der Waals surface area contributed by atoms with Crippen LogP contribution in [0.15, 0.2) is 0 Å². The lowest BCUT2D eigenvalue weighted by molar-refractivity contribution is -0.0298. The van der Waals surface area contributed by atoms with Crippen LogP contribution in [0.5, 0.6) is 0 Å². The van der Waals surface area contributed by atoms with Gasteiger partial charge in [0.25, 0.3) is 0 Å². The predicted molar refractivity (Wildman–Crippen MR) is 56.7 cm³/mol. The molecule has 0 heterocycles. The van der Waals surface area contributed by atoms with Crippen LogP contribution >= 0.6 is 0 Å². The Hall–Kier alpha value is -0.370. The number of rotatable bonds is 5. The van der Waals surface area contributed by atoms with Crippen molar-refractivity contribution in [1.29, 1.82) is 0 Å². The first-order valence-corrected chi connectivity index (χ1v) is 5.83. The standard InChI is InChI=1S/C12H21O2/c1-2-3-7-11(10-13)12(14)8-5-4-6-9-12/h11,14H,2-9H2,1H3. The fraction of sp³-hybridized carbons (Fsp3) is 0.917. The Morgan fingerprint density at radius 2 is 2.00 bits per heavy atom. The lowest BCUT2D eigenvalue weighted by Crippen LogP contribution is -2.40. The second-order valence-electron chi connectivity index (χ2n) is 4.48. The number of unbranched alkanes of at least 4 members (excludes halogenated alkanes) is 1. The Balaban J connectivity index is 2.51. The van der Waals surface area contributed by atoms with Crippen molar-refractivity contribution in [3.8, 4) is 0 Å². The maximum absolute atomic E-state index is 10.8. The van der Waals surface area contributed by atoms with Gasteiger partial charge in [-0.15, -0.1) is 0 Å². The van der Waals surface area contributed by atoms with Gasteiger partial charge < -0.3 is 5.11 Å². The quantitative estimate of drug-likeness (QED) is 0.735. The minimum atomic E-state index is -0.727. The highest BCUT2D eigenvalue weighted by Gasteiger charge is 2.37. The molecule has 1 N–H and O–H groups in total. The van der Waals surface area contributed by atoms with Gasteiger partial charge in [-0.25, -0.2) is 0 Å². The van der Waals surface area contributed by atoms with E-state index in [2.05, 4.69) is 6.92 Å². The second kappa shape index (κ2) is 5.50. The first-order chi connectivity index (χ1) is 6.73. The summed E-state index contributed by atoms with van der Waals surface area (Å²) >= 11 is 0. The fourth-order valence-corrected chi connectivity index (χ4v) is 2.36. The molecular weight excluding hydrogens is 176 g/mol. The van der Waals surface area contributed by atoms with E-state index in [1.54, 1.807) is 0 Å². The highest BCUT2D eigenvalue weighted by molar-refractivity contribution is 5.56. The van der Waals surface area contributed by atoms with E-state index in [4.69, 9.17) is 0 Å². The molecule has 1 aliphatic carbocycles. The lowest BCUT2D eigenvalue weighted by atomic mass is 9.74. The molecular formula is C12H21O2. The van der Waals surface area contributed by atoms with Crippen LogP contribution in [0, 0.1) is 5.92 Å². The molecule has 1 rings (SSSR count). The molecule has 1 aliphatic rings. The summed E-state index contributed by atoms with van der Waals surface area (Å²) in [5.41, 5.74) is -0.727. The zero-order valence-electron chi connectivity index (χ0n) is 9.09. The largest absolute Gasteiger partial charge is 0.389 e. The van der Waals surface area contributed by atoms with Gasteiger partial charge in [-0.3, -0.25) is 4.79 Å². The Morgan fingerprint density at radius 3 is 2.50 bits per heavy atom. The van der Waals surface area contributed by atoms with E-state index >= 15 is 0 Å². The molecule has 0 aromatic carbocycles. The van der Waals surface area contributed by atoms with Crippen molar-refractivity contribution in [2.45, 2.75) is 63.9 Å². The number of aliphatic hydroxyl groups is 1. The van der Waals surface area contributed by atoms with Gasteiger partial charge in [0.15, 0.2) is 0 Å². The van der Waals surface area contributed by atoms with Crippen LogP contribution in [0.1, 0.15) is 58.3 Å². The van der Waals surface area contributed by atoms with Crippen LogP contribution in [0.4, 0.5) is 0 Å². The molecule has 1 fully saturated rings. The zero-order chi connectivity index (χ0) is 10.4. The van der Waals surface area contributed by atoms with E-state index in [1.165, 1.54) is 6.42 Å². The van der Waals surface area contributed by atoms with E-state index in [0.29, 0.717) is 0 Å². The summed E-state index contributed by atoms with van der Waals surface area (Å²) in [4.78, 5) is 10.8. The van der Waals surface area contributed by atoms with Gasteiger partial charge in [0.05, 0.1) is 11.5 Å². The van der Waals surface area contributed by atoms with E-state index in [1.807, 2.05) is 6.29 Å². The Labute approximate surface area is 86.7 Å². The second-order valence-corrected chi connectivity index (χ2v) is 4.48. The normalized spacial score (nSPS) is 23.0. The topological polar surface area (TPSA) is 37.3 Å². The van der Waals surface area contributed by atoms with Crippen LogP contribution in [0.2, 0.25) is 0 Å². The molecule has 14 heavy (non-hydrogen) atoms. The third kappa shape index (κ3) is 2.81. The zero-order valence-corrected chi connectivity index (χ0v) is 9.09. The van der Waals surface area contributed by atoms with Crippen LogP contribution in [0.3, 0.4) is 0 Å². The smallest absolute Gasteiger partial charge is 0.204 e. The fourth-order valence-electron chi connectivity index (χ4n) is 2.36. The molecule has 0 aliphatic heterocycles. The van der Waals surface area contributed by atoms with E-state index in [-0.39, 0.29) is 5.92 Å². The van der Waals surface area contributed by atoms with Crippen LogP contribution in [-0.4, -0.2) is 17.0 Å². The van der Waals surface area contributed by atoms with Gasteiger partial charge in [0, 0.05) is 0 Å². The van der Waals surface area contributed by atoms with Crippen molar-refractivity contribution in [2.75, 3.05) is 0 Å². The summed E-state index contributed by atoms with van der Waals surface area (Å²) in [5, 5.41) is 10.3. The van der Waals surface area contributed by atoms with Crippen LogP contribution in [-0.2, 0) is 4.79 Å². The van der Waals surface area contributed by atoms with E-state index in [9.17, 15) is 9.90 Å². The monoisotopic (exact) mass is 197 g/mol. The maximum Gasteiger partial charge on any atom is 0.204 e. The van der Waals surface area contributed by atoms with Gasteiger partial charge in [-0.2, -0.15) is 0 Å². The van der Waals surface area contributed by atoms with Gasteiger partial charge in [0.2, 0.25) is 6.29 Å². The van der Waals surface area contributed by atoms with E-state index < -0.39 is 5.60 Å². The average Bonchev–Trinajstić information content (AvgIpc) is 2.20. The third-order valence-electron chi connectivity index (χ3n) is 3.36. The summed E-state index contributed by atoms with van der Waals surface area (Å²) in [6.45, 7) is 2.10. The summed E-state index contributed by atoms with van der Waals surface area (Å²) < 4.78 is 0. The summed E-state index contributed by atoms with van der Waals surface area (Å²) in [6.07, 6.45) is 9.83. The van der Waals surface area contributed by atoms with Crippen molar-refractivity contribution in [2.24, 2.45) is 5.92 Å². The van der Waals surface area contributed by atoms with Crippen LogP contribution in [0.25, 0.3) is 0 Å². The molecule has 1 saturated carbocycles. The molecule has 0 aromatic rings. The number of hydrogen-bond donors (Lipinski definition) is 1. The van der Waals surface area contributed by atoms with Crippen molar-refractivity contribution in [3.63, 3.8) is 0 Å². The molecule has 81 valence electrons. The van der Waals surface area contributed by atoms with Crippen molar-refractivity contribution in [3.05, 3.63) is 0 Å². The summed E-state index contributed by atoms with van der Waals surface area (Å²) in [7, 11) is 0. The van der Waals surface area contributed by atoms with Gasteiger partial charge >= 0.3 is 0 Å². The summed E-state index contributed by atoms with van der Waals surface area (Å²) in [6, 6.07) is 0. The number of hydrogen-bond acceptors (Lipinski definition) is 2. The number of carbonyl (C=O) groups excluding carboxylic acids is 1. The van der Waals surface area contributed by atoms with Crippen molar-refractivity contribution in [1.82, 2.24) is 0 Å². The molecule has 2 nitrogen and oxygen atoms in total. The first kappa shape index (κ1) is 11.7. The highest BCUT2D eigenvalue weighted by atomic mass is 16.3. The van der Waals surface area contributed by atoms with Gasteiger partial charge in [0.1, 0.15) is 0 Å². The first-order valence-electron chi connectivity index (χ1n) is 5.83. The molecule has 0 amide bonds. The maximum atomic E-state index is 10.8. The Morgan fingerprint density at radius 1 is 1.36 bits per heavy atom. The van der Waals surface area contributed by atoms with Crippen molar-refractivity contribution >= 4 is 6.29 Å². The highest BCUT2D eigenvalue weighted by Crippen LogP contribution is 2.35. The summed E-state index contributed by atoms with van der Waals surface area (Å²) in [5.74, 6) is -0.247. The lowest BCUT2D eigenvalue weighted by Gasteiger charge is -2.36. The minimum absolute atomic E-state index is 0.247. The molecule has 0 spiro atoms. The van der Waals surface area contributed by atoms with Crippen molar-refractivity contribution < 1.29 is 9.90 Å². The molecule has 0 saturated heterocycles. The minimum Gasteiger partial charge on any atom is -0.389 e. The molecule has 0 bridgehead atoms. The molecule has 0 aromatic heterocycles. The third-order valence-corrected chi connectivity index (χ3v) is 3.36. The average molecular weight is 197 g/mol. The predicted octanol–water partition coefficient (Wildman–Crippen LogP) is 2.60. The van der Waals surface area contributed by atoms with E-state index in [0.717, 1.165) is 44.9 Å². The molecule has 2 heteroatoms. The molecule has 1 atom stereocenters. The molecule has 1 unspecified atom stereocenters.